The van der Waals surface area contributed by atoms with Gasteiger partial charge < -0.3 is 9.47 Å². The van der Waals surface area contributed by atoms with Crippen molar-refractivity contribution < 1.29 is 102 Å². The molecule has 0 aromatic rings. The minimum absolute atomic E-state index is 0.0738. The van der Waals surface area contributed by atoms with Crippen molar-refractivity contribution in [3.8, 4) is 0 Å². The Balaban J connectivity index is 4.97. The third-order valence-electron chi connectivity index (χ3n) is 3.65. The van der Waals surface area contributed by atoms with E-state index in [1.807, 2.05) is 0 Å². The SMILES string of the molecule is CC(F)(OC(F)C(F)(F)OC/C=C/COC(F)(F)C(F)OC(F)(F)C(F)(F)C(F)(F)F)C(F)(F)C(F)(F)F. The molecule has 23 heteroatoms. The van der Waals surface area contributed by atoms with Gasteiger partial charge in [-0.1, -0.05) is 12.2 Å². The molecule has 0 rings (SSSR count). The molecule has 0 N–H and O–H groups in total. The molecule has 0 bridgehead atoms. The summed E-state index contributed by atoms with van der Waals surface area (Å²) in [5, 5.41) is 0. The van der Waals surface area contributed by atoms with Gasteiger partial charge in [-0.05, 0) is 0 Å². The zero-order valence-corrected chi connectivity index (χ0v) is 17.5. The van der Waals surface area contributed by atoms with Gasteiger partial charge in [0.2, 0.25) is 0 Å². The second-order valence-corrected chi connectivity index (χ2v) is 6.66. The van der Waals surface area contributed by atoms with Crippen LogP contribution < -0.4 is 0 Å². The normalized spacial score (nSPS) is 18.5. The molecular weight excluding hydrogens is 605 g/mol. The monoisotopic (exact) mass is 616 g/mol. The number of hydrogen-bond acceptors (Lipinski definition) is 4. The summed E-state index contributed by atoms with van der Waals surface area (Å²) in [4.78, 5) is 0. The van der Waals surface area contributed by atoms with Crippen LogP contribution in [0.15, 0.2) is 12.2 Å². The quantitative estimate of drug-likeness (QED) is 0.155. The molecule has 0 aliphatic carbocycles. The van der Waals surface area contributed by atoms with Gasteiger partial charge in [-0.25, -0.2) is 13.2 Å². The summed E-state index contributed by atoms with van der Waals surface area (Å²) in [6.07, 6.45) is -41.3. The molecule has 0 radical (unpaired) electrons. The maximum Gasteiger partial charge on any atom is 0.462 e. The van der Waals surface area contributed by atoms with Gasteiger partial charge in [-0.2, -0.15) is 70.2 Å². The first-order chi connectivity index (χ1) is 16.5. The lowest BCUT2D eigenvalue weighted by atomic mass is 10.1. The van der Waals surface area contributed by atoms with Crippen molar-refractivity contribution in [2.45, 2.75) is 68.0 Å². The van der Waals surface area contributed by atoms with E-state index in [-0.39, 0.29) is 12.2 Å². The summed E-state index contributed by atoms with van der Waals surface area (Å²) in [6.45, 7) is -4.22. The molecule has 228 valence electrons. The minimum atomic E-state index is -7.15. The molecule has 0 aromatic carbocycles. The minimum Gasteiger partial charge on any atom is -0.312 e. The average Bonchev–Trinajstić information content (AvgIpc) is 2.67. The van der Waals surface area contributed by atoms with Gasteiger partial charge in [0, 0.05) is 6.92 Å². The van der Waals surface area contributed by atoms with Gasteiger partial charge in [-0.15, -0.1) is 0 Å². The first-order valence-electron chi connectivity index (χ1n) is 8.74. The molecule has 0 aliphatic rings. The lowest BCUT2D eigenvalue weighted by Crippen LogP contribution is -2.56. The molecule has 3 atom stereocenters. The number of hydrogen-bond donors (Lipinski definition) is 0. The molecule has 0 saturated carbocycles. The van der Waals surface area contributed by atoms with Crippen LogP contribution in [0.3, 0.4) is 0 Å². The van der Waals surface area contributed by atoms with E-state index in [1.165, 1.54) is 0 Å². The molecular formula is C15H11F19O4. The number of halogens is 19. The molecule has 0 aromatic heterocycles. The van der Waals surface area contributed by atoms with E-state index in [0.29, 0.717) is 0 Å². The van der Waals surface area contributed by atoms with Crippen LogP contribution in [0.5, 0.6) is 0 Å². The third kappa shape index (κ3) is 8.37. The van der Waals surface area contributed by atoms with Crippen molar-refractivity contribution in [3.05, 3.63) is 12.2 Å². The van der Waals surface area contributed by atoms with Crippen LogP contribution in [-0.4, -0.2) is 74.3 Å². The van der Waals surface area contributed by atoms with Gasteiger partial charge in [0.15, 0.2) is 0 Å². The van der Waals surface area contributed by atoms with Crippen molar-refractivity contribution in [1.82, 2.24) is 0 Å². The van der Waals surface area contributed by atoms with Crippen LogP contribution in [-0.2, 0) is 18.9 Å². The number of ether oxygens (including phenoxy) is 4. The summed E-state index contributed by atoms with van der Waals surface area (Å²) in [5.74, 6) is -19.1. The van der Waals surface area contributed by atoms with Gasteiger partial charge in [0.05, 0.1) is 13.2 Å². The summed E-state index contributed by atoms with van der Waals surface area (Å²) in [6, 6.07) is 0. The molecule has 0 spiro atoms. The highest BCUT2D eigenvalue weighted by molar-refractivity contribution is 4.90. The first kappa shape index (κ1) is 36.2. The molecule has 0 fully saturated rings. The summed E-state index contributed by atoms with van der Waals surface area (Å²) < 4.78 is 252. The predicted molar refractivity (Wildman–Crippen MR) is 79.4 cm³/mol. The van der Waals surface area contributed by atoms with Crippen LogP contribution in [0.1, 0.15) is 6.92 Å². The van der Waals surface area contributed by atoms with Crippen molar-refractivity contribution in [2.75, 3.05) is 13.2 Å². The first-order valence-corrected chi connectivity index (χ1v) is 8.74. The Morgan fingerprint density at radius 3 is 1.16 bits per heavy atom. The van der Waals surface area contributed by atoms with Gasteiger partial charge in [0.25, 0.3) is 18.6 Å². The fraction of sp³-hybridized carbons (Fsp3) is 0.867. The molecule has 4 nitrogen and oxygen atoms in total. The molecule has 38 heavy (non-hydrogen) atoms. The number of rotatable bonds is 14. The largest absolute Gasteiger partial charge is 0.462 e. The lowest BCUT2D eigenvalue weighted by Gasteiger charge is -2.33. The zero-order chi connectivity index (χ0) is 30.8. The van der Waals surface area contributed by atoms with Gasteiger partial charge in [-0.3, -0.25) is 9.47 Å². The van der Waals surface area contributed by atoms with E-state index >= 15 is 0 Å². The lowest BCUT2D eigenvalue weighted by molar-refractivity contribution is -0.464. The Morgan fingerprint density at radius 1 is 0.526 bits per heavy atom. The van der Waals surface area contributed by atoms with Crippen molar-refractivity contribution in [1.29, 1.82) is 0 Å². The smallest absolute Gasteiger partial charge is 0.312 e. The van der Waals surface area contributed by atoms with Crippen molar-refractivity contribution >= 4 is 0 Å². The van der Waals surface area contributed by atoms with E-state index in [1.54, 1.807) is 0 Å². The van der Waals surface area contributed by atoms with Crippen LogP contribution in [0.25, 0.3) is 0 Å². The van der Waals surface area contributed by atoms with E-state index in [9.17, 15) is 83.4 Å². The van der Waals surface area contributed by atoms with Gasteiger partial charge in [0.1, 0.15) is 0 Å². The van der Waals surface area contributed by atoms with Crippen LogP contribution in [0.4, 0.5) is 83.4 Å². The molecule has 0 saturated heterocycles. The second-order valence-electron chi connectivity index (χ2n) is 6.66. The Hall–Kier alpha value is -1.75. The maximum absolute atomic E-state index is 13.4. The fourth-order valence-electron chi connectivity index (χ4n) is 1.61. The van der Waals surface area contributed by atoms with Crippen molar-refractivity contribution in [2.24, 2.45) is 0 Å². The summed E-state index contributed by atoms with van der Waals surface area (Å²) >= 11 is 0. The highest BCUT2D eigenvalue weighted by Gasteiger charge is 2.76. The van der Waals surface area contributed by atoms with E-state index in [0.717, 1.165) is 0 Å². The molecule has 0 aliphatic heterocycles. The van der Waals surface area contributed by atoms with Crippen LogP contribution >= 0.6 is 0 Å². The highest BCUT2D eigenvalue weighted by Crippen LogP contribution is 2.49. The zero-order valence-electron chi connectivity index (χ0n) is 17.5. The Bertz CT molecular complexity index is 724. The maximum atomic E-state index is 13.4. The average molecular weight is 616 g/mol. The van der Waals surface area contributed by atoms with Crippen molar-refractivity contribution in [3.63, 3.8) is 0 Å². The Morgan fingerprint density at radius 2 is 0.842 bits per heavy atom. The topological polar surface area (TPSA) is 36.9 Å². The Labute approximate surface area is 197 Å². The molecule has 3 unspecified atom stereocenters. The molecule has 0 amide bonds. The van der Waals surface area contributed by atoms with E-state index < -0.39 is 81.2 Å². The fourth-order valence-corrected chi connectivity index (χ4v) is 1.61. The Kier molecular flexibility index (Phi) is 10.9. The van der Waals surface area contributed by atoms with Gasteiger partial charge >= 0.3 is 42.5 Å². The summed E-state index contributed by atoms with van der Waals surface area (Å²) in [7, 11) is 0. The predicted octanol–water partition coefficient (Wildman–Crippen LogP) is 7.06. The van der Waals surface area contributed by atoms with Crippen LogP contribution in [0.2, 0.25) is 0 Å². The van der Waals surface area contributed by atoms with E-state index in [2.05, 4.69) is 18.9 Å². The highest BCUT2D eigenvalue weighted by atomic mass is 19.4. The summed E-state index contributed by atoms with van der Waals surface area (Å²) in [5.41, 5.74) is 0. The van der Waals surface area contributed by atoms with E-state index in [4.69, 9.17) is 0 Å². The van der Waals surface area contributed by atoms with Crippen LogP contribution in [0, 0.1) is 0 Å². The molecule has 0 heterocycles. The second kappa shape index (κ2) is 11.4. The number of alkyl halides is 19. The third-order valence-corrected chi connectivity index (χ3v) is 3.65. The standard InChI is InChI=1S/C15H11F19O4/c1-8(18,11(23,24)13(27,28)29)37-6(16)9(19,20)35-4-2-3-5-36-10(21,22)7(17)38-15(33,34)12(25,26)14(30,31)32/h2-3,6-7H,4-5H2,1H3/b3-2+.